The molecule has 72 valence electrons. The lowest BCUT2D eigenvalue weighted by molar-refractivity contribution is -0.0159. The second-order valence-electron chi connectivity index (χ2n) is 5.09. The number of rotatable bonds is 0. The average molecular weight is 171 g/mol. The lowest BCUT2D eigenvalue weighted by Crippen LogP contribution is -2.46. The number of likely N-dealkylation sites (tertiary alicyclic amines) is 1. The molecule has 0 aromatic rings. The maximum Gasteiger partial charge on any atom is 0.0597 e. The summed E-state index contributed by atoms with van der Waals surface area (Å²) in [6.45, 7) is 8.69. The van der Waals surface area contributed by atoms with Crippen LogP contribution in [0.25, 0.3) is 0 Å². The Kier molecular flexibility index (Phi) is 2.79. The molecule has 0 aliphatic carbocycles. The van der Waals surface area contributed by atoms with Crippen LogP contribution in [0, 0.1) is 11.3 Å². The van der Waals surface area contributed by atoms with Gasteiger partial charge in [0.15, 0.2) is 0 Å². The molecule has 0 radical (unpaired) electrons. The van der Waals surface area contributed by atoms with Gasteiger partial charge in [-0.15, -0.1) is 0 Å². The van der Waals surface area contributed by atoms with Crippen molar-refractivity contribution in [2.45, 2.75) is 33.3 Å². The van der Waals surface area contributed by atoms with Crippen molar-refractivity contribution in [3.8, 4) is 0 Å². The van der Waals surface area contributed by atoms with Gasteiger partial charge in [0, 0.05) is 19.0 Å². The van der Waals surface area contributed by atoms with E-state index in [9.17, 15) is 5.11 Å². The van der Waals surface area contributed by atoms with Crippen LogP contribution in [0.1, 0.15) is 27.2 Å². The molecule has 0 aromatic carbocycles. The molecule has 0 bridgehead atoms. The molecule has 1 aliphatic rings. The van der Waals surface area contributed by atoms with E-state index in [4.69, 9.17) is 0 Å². The van der Waals surface area contributed by atoms with Crippen molar-refractivity contribution in [1.29, 1.82) is 0 Å². The second-order valence-corrected chi connectivity index (χ2v) is 5.09. The molecule has 0 aromatic heterocycles. The summed E-state index contributed by atoms with van der Waals surface area (Å²) < 4.78 is 0. The van der Waals surface area contributed by atoms with Gasteiger partial charge in [0.25, 0.3) is 0 Å². The molecule has 1 fully saturated rings. The van der Waals surface area contributed by atoms with Gasteiger partial charge in [0.2, 0.25) is 0 Å². The Labute approximate surface area is 75.6 Å². The van der Waals surface area contributed by atoms with E-state index in [1.165, 1.54) is 0 Å². The highest BCUT2D eigenvalue weighted by molar-refractivity contribution is 4.86. The van der Waals surface area contributed by atoms with Crippen molar-refractivity contribution in [3.05, 3.63) is 0 Å². The SMILES string of the molecule is CN1CCC(O)C(C(C)(C)C)C1. The number of hydrogen-bond donors (Lipinski definition) is 1. The summed E-state index contributed by atoms with van der Waals surface area (Å²) >= 11 is 0. The minimum absolute atomic E-state index is 0.0961. The van der Waals surface area contributed by atoms with Crippen LogP contribution < -0.4 is 0 Å². The van der Waals surface area contributed by atoms with Crippen LogP contribution >= 0.6 is 0 Å². The molecular formula is C10H21NO. The Hall–Kier alpha value is -0.0800. The van der Waals surface area contributed by atoms with Gasteiger partial charge in [-0.05, 0) is 18.9 Å². The summed E-state index contributed by atoms with van der Waals surface area (Å²) in [5.74, 6) is 0.427. The maximum absolute atomic E-state index is 9.80. The van der Waals surface area contributed by atoms with Crippen molar-refractivity contribution in [2.75, 3.05) is 20.1 Å². The van der Waals surface area contributed by atoms with Gasteiger partial charge in [-0.2, -0.15) is 0 Å². The van der Waals surface area contributed by atoms with E-state index >= 15 is 0 Å². The Balaban J connectivity index is 2.61. The topological polar surface area (TPSA) is 23.5 Å². The van der Waals surface area contributed by atoms with Crippen LogP contribution in [0.15, 0.2) is 0 Å². The van der Waals surface area contributed by atoms with Gasteiger partial charge in [-0.1, -0.05) is 20.8 Å². The highest BCUT2D eigenvalue weighted by atomic mass is 16.3. The molecule has 12 heavy (non-hydrogen) atoms. The highest BCUT2D eigenvalue weighted by Crippen LogP contribution is 2.32. The van der Waals surface area contributed by atoms with Crippen LogP contribution in [0.3, 0.4) is 0 Å². The van der Waals surface area contributed by atoms with Gasteiger partial charge in [0.1, 0.15) is 0 Å². The first-order chi connectivity index (χ1) is 5.41. The van der Waals surface area contributed by atoms with E-state index in [1.54, 1.807) is 0 Å². The molecule has 1 saturated heterocycles. The maximum atomic E-state index is 9.80. The molecule has 2 nitrogen and oxygen atoms in total. The predicted octanol–water partition coefficient (Wildman–Crippen LogP) is 1.35. The third-order valence-electron chi connectivity index (χ3n) is 2.89. The molecule has 2 atom stereocenters. The number of hydrogen-bond acceptors (Lipinski definition) is 2. The van der Waals surface area contributed by atoms with Gasteiger partial charge in [-0.25, -0.2) is 0 Å². The lowest BCUT2D eigenvalue weighted by atomic mass is 9.74. The molecule has 1 aliphatic heterocycles. The summed E-state index contributed by atoms with van der Waals surface area (Å²) in [5, 5.41) is 9.80. The fraction of sp³-hybridized carbons (Fsp3) is 1.00. The lowest BCUT2D eigenvalue weighted by Gasteiger charge is -2.41. The molecule has 0 saturated carbocycles. The second kappa shape index (κ2) is 3.35. The Morgan fingerprint density at radius 3 is 2.33 bits per heavy atom. The Morgan fingerprint density at radius 2 is 1.92 bits per heavy atom. The van der Waals surface area contributed by atoms with E-state index < -0.39 is 0 Å². The first-order valence-corrected chi connectivity index (χ1v) is 4.78. The summed E-state index contributed by atoms with van der Waals surface area (Å²) in [4.78, 5) is 2.31. The molecule has 1 heterocycles. The van der Waals surface area contributed by atoms with E-state index in [1.807, 2.05) is 0 Å². The first-order valence-electron chi connectivity index (χ1n) is 4.78. The molecule has 2 unspecified atom stereocenters. The molecule has 2 heteroatoms. The summed E-state index contributed by atoms with van der Waals surface area (Å²) in [6.07, 6.45) is 0.833. The zero-order chi connectivity index (χ0) is 9.35. The van der Waals surface area contributed by atoms with Crippen molar-refractivity contribution in [1.82, 2.24) is 4.90 Å². The normalized spacial score (nSPS) is 33.8. The summed E-state index contributed by atoms with van der Waals surface area (Å²) in [5.41, 5.74) is 0.230. The molecule has 0 spiro atoms. The minimum atomic E-state index is -0.0961. The van der Waals surface area contributed by atoms with Crippen molar-refractivity contribution >= 4 is 0 Å². The highest BCUT2D eigenvalue weighted by Gasteiger charge is 2.34. The van der Waals surface area contributed by atoms with Gasteiger partial charge < -0.3 is 10.0 Å². The van der Waals surface area contributed by atoms with Crippen LogP contribution in [0.4, 0.5) is 0 Å². The smallest absolute Gasteiger partial charge is 0.0597 e. The zero-order valence-corrected chi connectivity index (χ0v) is 8.67. The zero-order valence-electron chi connectivity index (χ0n) is 8.67. The quantitative estimate of drug-likeness (QED) is 0.594. The van der Waals surface area contributed by atoms with Crippen LogP contribution in [-0.4, -0.2) is 36.2 Å². The Bertz CT molecular complexity index is 150. The Morgan fingerprint density at radius 1 is 1.33 bits per heavy atom. The minimum Gasteiger partial charge on any atom is -0.393 e. The van der Waals surface area contributed by atoms with Gasteiger partial charge in [-0.3, -0.25) is 0 Å². The van der Waals surface area contributed by atoms with Crippen molar-refractivity contribution in [3.63, 3.8) is 0 Å². The number of piperidine rings is 1. The number of nitrogens with zero attached hydrogens (tertiary/aromatic N) is 1. The fourth-order valence-corrected chi connectivity index (χ4v) is 1.95. The largest absolute Gasteiger partial charge is 0.393 e. The third-order valence-corrected chi connectivity index (χ3v) is 2.89. The molecular weight excluding hydrogens is 150 g/mol. The third kappa shape index (κ3) is 2.20. The predicted molar refractivity (Wildman–Crippen MR) is 51.1 cm³/mol. The van der Waals surface area contributed by atoms with E-state index in [2.05, 4.69) is 32.7 Å². The standard InChI is InChI=1S/C10H21NO/c1-10(2,3)8-7-11(4)6-5-9(8)12/h8-9,12H,5-7H2,1-4H3. The van der Waals surface area contributed by atoms with Crippen LogP contribution in [0.5, 0.6) is 0 Å². The first kappa shape index (κ1) is 10.0. The van der Waals surface area contributed by atoms with Gasteiger partial charge in [0.05, 0.1) is 6.10 Å². The number of aliphatic hydroxyl groups is 1. The van der Waals surface area contributed by atoms with Crippen LogP contribution in [0.2, 0.25) is 0 Å². The molecule has 1 N–H and O–H groups in total. The monoisotopic (exact) mass is 171 g/mol. The van der Waals surface area contributed by atoms with Crippen molar-refractivity contribution < 1.29 is 5.11 Å². The molecule has 1 rings (SSSR count). The van der Waals surface area contributed by atoms with E-state index in [0.29, 0.717) is 5.92 Å². The summed E-state index contributed by atoms with van der Waals surface area (Å²) in [7, 11) is 2.13. The summed E-state index contributed by atoms with van der Waals surface area (Å²) in [6, 6.07) is 0. The molecule has 0 amide bonds. The van der Waals surface area contributed by atoms with Crippen molar-refractivity contribution in [2.24, 2.45) is 11.3 Å². The van der Waals surface area contributed by atoms with Crippen LogP contribution in [-0.2, 0) is 0 Å². The van der Waals surface area contributed by atoms with Gasteiger partial charge >= 0.3 is 0 Å². The van der Waals surface area contributed by atoms with E-state index in [-0.39, 0.29) is 11.5 Å². The fourth-order valence-electron chi connectivity index (χ4n) is 1.95. The number of aliphatic hydroxyl groups excluding tert-OH is 1. The average Bonchev–Trinajstić information content (AvgIpc) is 1.92. The van der Waals surface area contributed by atoms with E-state index in [0.717, 1.165) is 19.5 Å².